The predicted molar refractivity (Wildman–Crippen MR) is 154 cm³/mol. The summed E-state index contributed by atoms with van der Waals surface area (Å²) in [5, 5.41) is 9.22. The van der Waals surface area contributed by atoms with Gasteiger partial charge in [-0.2, -0.15) is 18.4 Å². The van der Waals surface area contributed by atoms with E-state index >= 15 is 0 Å². The molecule has 4 aliphatic heterocycles. The summed E-state index contributed by atoms with van der Waals surface area (Å²) in [7, 11) is -2.34. The zero-order valence-corrected chi connectivity index (χ0v) is 26.0. The molecule has 6 atom stereocenters. The van der Waals surface area contributed by atoms with Crippen molar-refractivity contribution in [1.29, 1.82) is 5.26 Å². The second-order valence-corrected chi connectivity index (χ2v) is 18.5. The number of hydrogen-bond acceptors (Lipinski definition) is 6. The van der Waals surface area contributed by atoms with Gasteiger partial charge in [-0.3, -0.25) is 9.69 Å². The van der Waals surface area contributed by atoms with Crippen molar-refractivity contribution in [2.75, 3.05) is 18.1 Å². The average Bonchev–Trinajstić information content (AvgIpc) is 3.52. The molecule has 0 saturated carbocycles. The minimum Gasteiger partial charge on any atom is -0.411 e. The fourth-order valence-electron chi connectivity index (χ4n) is 7.20. The Labute approximate surface area is 251 Å². The maximum Gasteiger partial charge on any atom is 0.417 e. The standard InChI is InChI=1S/C32H37F3N2O5Si/c1-29(2,3)43(4,5)41-24-16-30-13-14-40-28-26(30)25(31(24,42-30)19-39-18-20-9-7-6-8-10-20)27(38)37(28)22-12-11-21(17-36)23(15-22)32(33,34)35/h6-12,15,24-26,28H,13-14,16,18-19H2,1-5H3/t24-,25-,26+,28+,30+,31-/m1/s1. The van der Waals surface area contributed by atoms with Gasteiger partial charge >= 0.3 is 6.18 Å². The van der Waals surface area contributed by atoms with Gasteiger partial charge in [-0.05, 0) is 41.9 Å². The molecule has 4 heterocycles. The van der Waals surface area contributed by atoms with Crippen LogP contribution in [0.15, 0.2) is 48.5 Å². The highest BCUT2D eigenvalue weighted by atomic mass is 28.4. The van der Waals surface area contributed by atoms with Gasteiger partial charge in [0.15, 0.2) is 8.32 Å². The Bertz CT molecular complexity index is 1460. The molecule has 0 aliphatic carbocycles. The minimum absolute atomic E-state index is 0.0504. The van der Waals surface area contributed by atoms with E-state index in [1.54, 1.807) is 6.07 Å². The largest absolute Gasteiger partial charge is 0.417 e. The van der Waals surface area contributed by atoms with E-state index in [0.717, 1.165) is 17.7 Å². The van der Waals surface area contributed by atoms with Crippen molar-refractivity contribution >= 4 is 19.9 Å². The minimum atomic E-state index is -4.76. The fourth-order valence-corrected chi connectivity index (χ4v) is 8.55. The SMILES string of the molecule is CC(C)(C)[Si](C)(C)O[C@@H]1C[C@@]23CCO[C@H]4[C@@H]2[C@H](C(=O)N4c2ccc(C#N)c(C(F)(F)F)c2)[C@]1(COCc1ccccc1)O3. The monoisotopic (exact) mass is 614 g/mol. The molecule has 4 fully saturated rings. The summed E-state index contributed by atoms with van der Waals surface area (Å²) in [5.41, 5.74) is -2.42. The summed E-state index contributed by atoms with van der Waals surface area (Å²) < 4.78 is 68.3. The molecule has 0 unspecified atom stereocenters. The zero-order valence-electron chi connectivity index (χ0n) is 25.0. The third kappa shape index (κ3) is 4.73. The molecule has 230 valence electrons. The molecular weight excluding hydrogens is 577 g/mol. The van der Waals surface area contributed by atoms with Crippen molar-refractivity contribution in [2.24, 2.45) is 11.8 Å². The number of nitriles is 1. The van der Waals surface area contributed by atoms with Crippen LogP contribution >= 0.6 is 0 Å². The number of carbonyl (C=O) groups is 1. The highest BCUT2D eigenvalue weighted by Gasteiger charge is 2.80. The van der Waals surface area contributed by atoms with Crippen LogP contribution in [0.25, 0.3) is 0 Å². The number of alkyl halides is 3. The van der Waals surface area contributed by atoms with Crippen LogP contribution in [0.5, 0.6) is 0 Å². The highest BCUT2D eigenvalue weighted by molar-refractivity contribution is 6.74. The maximum absolute atomic E-state index is 14.5. The lowest BCUT2D eigenvalue weighted by molar-refractivity contribution is -0.160. The second kappa shape index (κ2) is 10.1. The van der Waals surface area contributed by atoms with Crippen molar-refractivity contribution < 1.29 is 36.6 Å². The number of rotatable bonds is 7. The zero-order chi connectivity index (χ0) is 31.0. The summed E-state index contributed by atoms with van der Waals surface area (Å²) in [5.74, 6) is -1.51. The van der Waals surface area contributed by atoms with Gasteiger partial charge in [0, 0.05) is 24.4 Å². The van der Waals surface area contributed by atoms with Crippen LogP contribution < -0.4 is 4.90 Å². The smallest absolute Gasteiger partial charge is 0.411 e. The number of ether oxygens (including phenoxy) is 3. The molecule has 4 saturated heterocycles. The van der Waals surface area contributed by atoms with Gasteiger partial charge in [-0.25, -0.2) is 0 Å². The number of nitrogens with zero attached hydrogens (tertiary/aromatic N) is 2. The van der Waals surface area contributed by atoms with E-state index in [-0.39, 0.29) is 29.8 Å². The molecule has 0 aromatic heterocycles. The molecule has 4 aliphatic rings. The molecule has 2 aromatic rings. The van der Waals surface area contributed by atoms with E-state index < -0.39 is 61.0 Å². The van der Waals surface area contributed by atoms with Crippen LogP contribution in [-0.2, 0) is 36.2 Å². The molecule has 2 bridgehead atoms. The van der Waals surface area contributed by atoms with Crippen LogP contribution in [0.3, 0.4) is 0 Å². The molecule has 11 heteroatoms. The Kier molecular flexibility index (Phi) is 7.14. The van der Waals surface area contributed by atoms with E-state index in [1.807, 2.05) is 30.3 Å². The highest BCUT2D eigenvalue weighted by Crippen LogP contribution is 2.66. The van der Waals surface area contributed by atoms with Crippen LogP contribution in [0.2, 0.25) is 18.1 Å². The number of amides is 1. The van der Waals surface area contributed by atoms with Gasteiger partial charge in [0.25, 0.3) is 0 Å². The van der Waals surface area contributed by atoms with Crippen molar-refractivity contribution in [3.63, 3.8) is 0 Å². The third-order valence-corrected chi connectivity index (χ3v) is 14.7. The number of fused-ring (bicyclic) bond motifs is 2. The van der Waals surface area contributed by atoms with Crippen LogP contribution in [0.4, 0.5) is 18.9 Å². The van der Waals surface area contributed by atoms with Gasteiger partial charge in [0.2, 0.25) is 5.91 Å². The summed E-state index contributed by atoms with van der Waals surface area (Å²) in [4.78, 5) is 15.8. The lowest BCUT2D eigenvalue weighted by Gasteiger charge is -2.46. The molecule has 1 spiro atoms. The topological polar surface area (TPSA) is 81.0 Å². The van der Waals surface area contributed by atoms with Crippen LogP contribution in [0.1, 0.15) is 50.3 Å². The van der Waals surface area contributed by atoms with Crippen molar-refractivity contribution in [2.45, 2.75) is 88.1 Å². The number of anilines is 1. The number of benzene rings is 2. The Balaban J connectivity index is 1.41. The van der Waals surface area contributed by atoms with Gasteiger partial charge in [-0.1, -0.05) is 51.1 Å². The molecule has 43 heavy (non-hydrogen) atoms. The Morgan fingerprint density at radius 1 is 1.14 bits per heavy atom. The van der Waals surface area contributed by atoms with Gasteiger partial charge in [0.1, 0.15) is 11.8 Å². The lowest BCUT2D eigenvalue weighted by Crippen LogP contribution is -2.59. The van der Waals surface area contributed by atoms with Crippen molar-refractivity contribution in [3.8, 4) is 6.07 Å². The van der Waals surface area contributed by atoms with E-state index in [2.05, 4.69) is 33.9 Å². The van der Waals surface area contributed by atoms with E-state index in [4.69, 9.17) is 18.6 Å². The molecule has 7 nitrogen and oxygen atoms in total. The molecule has 1 amide bonds. The summed E-state index contributed by atoms with van der Waals surface area (Å²) in [6.07, 6.45) is -4.89. The van der Waals surface area contributed by atoms with Gasteiger partial charge in [0.05, 0.1) is 54.6 Å². The summed E-state index contributed by atoms with van der Waals surface area (Å²) in [6, 6.07) is 14.7. The average molecular weight is 615 g/mol. The summed E-state index contributed by atoms with van der Waals surface area (Å²) >= 11 is 0. The normalized spacial score (nSPS) is 31.8. The van der Waals surface area contributed by atoms with Gasteiger partial charge in [-0.15, -0.1) is 0 Å². The van der Waals surface area contributed by atoms with Crippen molar-refractivity contribution in [1.82, 2.24) is 0 Å². The first-order valence-electron chi connectivity index (χ1n) is 14.7. The molecular formula is C32H37F3N2O5Si. The number of carbonyl (C=O) groups excluding carboxylic acids is 1. The Morgan fingerprint density at radius 2 is 1.86 bits per heavy atom. The molecule has 0 radical (unpaired) electrons. The lowest BCUT2D eigenvalue weighted by atomic mass is 9.64. The van der Waals surface area contributed by atoms with Gasteiger partial charge < -0.3 is 18.6 Å². The van der Waals surface area contributed by atoms with Crippen LogP contribution in [-0.4, -0.2) is 51.0 Å². The predicted octanol–water partition coefficient (Wildman–Crippen LogP) is 6.42. The molecule has 0 N–H and O–H groups in total. The van der Waals surface area contributed by atoms with E-state index in [9.17, 15) is 23.2 Å². The molecule has 6 rings (SSSR count). The first kappa shape index (κ1) is 30.3. The summed E-state index contributed by atoms with van der Waals surface area (Å²) in [6.45, 7) is 11.5. The first-order valence-corrected chi connectivity index (χ1v) is 17.6. The molecule has 2 aromatic carbocycles. The Morgan fingerprint density at radius 3 is 2.51 bits per heavy atom. The van der Waals surface area contributed by atoms with E-state index in [0.29, 0.717) is 19.4 Å². The second-order valence-electron chi connectivity index (χ2n) is 13.7. The van der Waals surface area contributed by atoms with Crippen LogP contribution in [0, 0.1) is 23.2 Å². The number of halogens is 3. The van der Waals surface area contributed by atoms with Crippen molar-refractivity contribution in [3.05, 3.63) is 65.2 Å². The third-order valence-electron chi connectivity index (χ3n) is 10.2. The fraction of sp³-hybridized carbons (Fsp3) is 0.562. The first-order chi connectivity index (χ1) is 20.1. The number of hydrogen-bond donors (Lipinski definition) is 0. The van der Waals surface area contributed by atoms with E-state index in [1.165, 1.54) is 11.0 Å². The Hall–Kier alpha value is -2.75. The quantitative estimate of drug-likeness (QED) is 0.335. The maximum atomic E-state index is 14.5.